The van der Waals surface area contributed by atoms with Gasteiger partial charge in [-0.1, -0.05) is 86.1 Å². The molecule has 7 rings (SSSR count). The minimum absolute atomic E-state index is 0. The van der Waals surface area contributed by atoms with E-state index in [0.717, 1.165) is 45.9 Å². The molecule has 0 spiro atoms. The van der Waals surface area contributed by atoms with E-state index in [1.54, 1.807) is 46.1 Å². The number of carbonyl (C=O) groups excluding carboxylic acids is 4. The van der Waals surface area contributed by atoms with Crippen LogP contribution in [-0.4, -0.2) is 87.1 Å². The number of likely N-dealkylation sites (tertiary alicyclic amines) is 2. The van der Waals surface area contributed by atoms with Crippen molar-refractivity contribution >= 4 is 60.6 Å². The van der Waals surface area contributed by atoms with Crippen molar-refractivity contribution in [2.75, 3.05) is 27.3 Å². The third-order valence-corrected chi connectivity index (χ3v) is 11.9. The number of methoxy groups -OCH3 is 2. The monoisotopic (exact) mass is 924 g/mol. The zero-order valence-electron chi connectivity index (χ0n) is 35.8. The van der Waals surface area contributed by atoms with Crippen LogP contribution in [0.3, 0.4) is 0 Å². The van der Waals surface area contributed by atoms with Crippen molar-refractivity contribution in [2.24, 2.45) is 5.92 Å². The molecular weight excluding hydrogens is 876 g/mol. The van der Waals surface area contributed by atoms with Crippen LogP contribution in [0, 0.1) is 29.6 Å². The standard InChI is InChI=1S/C47H48N8O6S.2ClH/c1-30(2)40(52-46(58)60-3)44(56)54-25-14-22-38(54)43-49-29-36(51-43)33-24-23-31(39(27-33)62-35-19-9-6-10-20-35)15-11-12-18-34-28-48-42(50-34)37-21-13-26-55(37)45(57)41(53-47(59)61-4)32-16-7-5-8-17-32;;/h5-10,16-17,19-20,23-24,27-30,37-38,40-41H,13-14,21-22,25-26H2,1-4H3,(H,48,50)(H,49,51)(H,52,58)(H,53,59);2*1H/t37?,38?,40-,41?;;/m0../s1. The van der Waals surface area contributed by atoms with Gasteiger partial charge in [0.05, 0.1) is 44.4 Å². The SMILES string of the molecule is COC(=O)NC(C(=O)N1CCCC1c1ncc(C#CC#Cc2ccc(-c3cnc(C4CCCN4C(=O)[C@@H](NC(=O)OC)C(C)C)[nH]3)cc2Sc2ccccc2)[nH]1)c1ccccc1.Cl.Cl. The lowest BCUT2D eigenvalue weighted by atomic mass is 10.0. The summed E-state index contributed by atoms with van der Waals surface area (Å²) in [7, 11) is 2.55. The van der Waals surface area contributed by atoms with Crippen LogP contribution in [0.15, 0.2) is 101 Å². The molecule has 0 radical (unpaired) electrons. The van der Waals surface area contributed by atoms with Crippen LogP contribution in [0.4, 0.5) is 9.59 Å². The number of benzene rings is 3. The van der Waals surface area contributed by atoms with E-state index in [2.05, 4.69) is 55.3 Å². The van der Waals surface area contributed by atoms with Crippen LogP contribution in [0.25, 0.3) is 11.3 Å². The molecule has 14 nitrogen and oxygen atoms in total. The fourth-order valence-corrected chi connectivity index (χ4v) is 8.66. The van der Waals surface area contributed by atoms with Gasteiger partial charge in [0, 0.05) is 34.0 Å². The molecule has 334 valence electrons. The van der Waals surface area contributed by atoms with Crippen molar-refractivity contribution in [3.63, 3.8) is 0 Å². The van der Waals surface area contributed by atoms with Crippen molar-refractivity contribution in [1.82, 2.24) is 40.4 Å². The number of nitrogens with one attached hydrogen (secondary N) is 4. The first-order chi connectivity index (χ1) is 30.1. The molecule has 64 heavy (non-hydrogen) atoms. The Kier molecular flexibility index (Phi) is 17.3. The number of hydrogen-bond acceptors (Lipinski definition) is 9. The third-order valence-electron chi connectivity index (χ3n) is 10.8. The number of imidazole rings is 2. The van der Waals surface area contributed by atoms with Gasteiger partial charge >= 0.3 is 12.2 Å². The van der Waals surface area contributed by atoms with Gasteiger partial charge in [-0.05, 0) is 79.2 Å². The summed E-state index contributed by atoms with van der Waals surface area (Å²) in [6.07, 6.45) is 5.14. The van der Waals surface area contributed by atoms with E-state index in [4.69, 9.17) is 14.5 Å². The predicted octanol–water partition coefficient (Wildman–Crippen LogP) is 8.00. The van der Waals surface area contributed by atoms with Gasteiger partial charge < -0.3 is 39.9 Å². The van der Waals surface area contributed by atoms with Crippen molar-refractivity contribution in [3.8, 4) is 34.9 Å². The largest absolute Gasteiger partial charge is 0.453 e. The molecule has 0 bridgehead atoms. The van der Waals surface area contributed by atoms with Crippen LogP contribution >= 0.6 is 36.6 Å². The summed E-state index contributed by atoms with van der Waals surface area (Å²) < 4.78 is 9.60. The maximum absolute atomic E-state index is 13.9. The Labute approximate surface area is 389 Å². The molecule has 2 aliphatic heterocycles. The maximum atomic E-state index is 13.9. The zero-order valence-corrected chi connectivity index (χ0v) is 38.2. The number of ether oxygens (including phenoxy) is 2. The van der Waals surface area contributed by atoms with Gasteiger partial charge in [0.1, 0.15) is 29.4 Å². The van der Waals surface area contributed by atoms with E-state index in [0.29, 0.717) is 42.4 Å². The highest BCUT2D eigenvalue weighted by atomic mass is 35.5. The minimum Gasteiger partial charge on any atom is -0.453 e. The summed E-state index contributed by atoms with van der Waals surface area (Å²) in [4.78, 5) is 73.4. The molecular formula is C47H50Cl2N8O6S. The number of aromatic nitrogens is 4. The number of nitrogens with zero attached hydrogens (tertiary/aromatic N) is 4. The number of rotatable bonds is 11. The molecule has 2 fully saturated rings. The highest BCUT2D eigenvalue weighted by Crippen LogP contribution is 2.36. The topological polar surface area (TPSA) is 175 Å². The first-order valence-corrected chi connectivity index (χ1v) is 21.3. The quantitative estimate of drug-likeness (QED) is 0.0958. The summed E-state index contributed by atoms with van der Waals surface area (Å²) in [6.45, 7) is 4.87. The number of H-pyrrole nitrogens is 2. The molecule has 3 aromatic carbocycles. The van der Waals surface area contributed by atoms with Gasteiger partial charge in [-0.2, -0.15) is 0 Å². The average Bonchev–Trinajstić information content (AvgIpc) is 4.14. The number of carbonyl (C=O) groups is 4. The number of alkyl carbamates (subject to hydrolysis) is 2. The lowest BCUT2D eigenvalue weighted by Crippen LogP contribution is -2.51. The average molecular weight is 926 g/mol. The summed E-state index contributed by atoms with van der Waals surface area (Å²) in [5.41, 5.74) is 3.72. The minimum atomic E-state index is -0.910. The fourth-order valence-electron chi connectivity index (χ4n) is 7.70. The van der Waals surface area contributed by atoms with E-state index in [9.17, 15) is 19.2 Å². The van der Waals surface area contributed by atoms with Gasteiger partial charge in [-0.3, -0.25) is 9.59 Å². The second-order valence-electron chi connectivity index (χ2n) is 15.2. The molecule has 5 aromatic rings. The molecule has 4 N–H and O–H groups in total. The smallest absolute Gasteiger partial charge is 0.407 e. The van der Waals surface area contributed by atoms with Crippen molar-refractivity contribution in [3.05, 3.63) is 120 Å². The van der Waals surface area contributed by atoms with Crippen molar-refractivity contribution in [2.45, 2.75) is 73.5 Å². The molecule has 4 amide bonds. The highest BCUT2D eigenvalue weighted by Gasteiger charge is 2.38. The second-order valence-corrected chi connectivity index (χ2v) is 16.3. The molecule has 3 unspecified atom stereocenters. The Morgan fingerprint density at radius 2 is 1.34 bits per heavy atom. The summed E-state index contributed by atoms with van der Waals surface area (Å²) in [6, 6.07) is 22.9. The van der Waals surface area contributed by atoms with Crippen LogP contribution in [0.5, 0.6) is 0 Å². The van der Waals surface area contributed by atoms with E-state index in [-0.39, 0.29) is 54.6 Å². The molecule has 2 saturated heterocycles. The Morgan fingerprint density at radius 1 is 0.750 bits per heavy atom. The van der Waals surface area contributed by atoms with Crippen LogP contribution in [0.1, 0.15) is 86.1 Å². The Balaban J connectivity index is 0.00000385. The molecule has 0 aliphatic carbocycles. The van der Waals surface area contributed by atoms with Crippen molar-refractivity contribution < 1.29 is 28.7 Å². The lowest BCUT2D eigenvalue weighted by molar-refractivity contribution is -0.135. The predicted molar refractivity (Wildman–Crippen MR) is 248 cm³/mol. The lowest BCUT2D eigenvalue weighted by Gasteiger charge is -2.30. The van der Waals surface area contributed by atoms with Gasteiger partial charge in [-0.15, -0.1) is 24.8 Å². The number of amides is 4. The number of aromatic amines is 2. The molecule has 4 atom stereocenters. The summed E-state index contributed by atoms with van der Waals surface area (Å²) in [5.74, 6) is 13.0. The third kappa shape index (κ3) is 11.6. The number of halogens is 2. The molecule has 4 heterocycles. The number of hydrogen-bond donors (Lipinski definition) is 4. The normalized spacial score (nSPS) is 16.1. The first kappa shape index (κ1) is 48.6. The van der Waals surface area contributed by atoms with Crippen molar-refractivity contribution in [1.29, 1.82) is 0 Å². The fraction of sp³-hybridized carbons (Fsp3) is 0.319. The van der Waals surface area contributed by atoms with E-state index in [1.807, 2.05) is 74.5 Å². The Bertz CT molecular complexity index is 2530. The molecule has 2 aliphatic rings. The zero-order chi connectivity index (χ0) is 43.6. The van der Waals surface area contributed by atoms with Gasteiger partial charge in [0.25, 0.3) is 5.91 Å². The maximum Gasteiger partial charge on any atom is 0.407 e. The molecule has 17 heteroatoms. The van der Waals surface area contributed by atoms with Crippen LogP contribution < -0.4 is 10.6 Å². The second kappa shape index (κ2) is 22.8. The summed E-state index contributed by atoms with van der Waals surface area (Å²) in [5, 5.41) is 5.39. The first-order valence-electron chi connectivity index (χ1n) is 20.5. The summed E-state index contributed by atoms with van der Waals surface area (Å²) >= 11 is 1.59. The molecule has 0 saturated carbocycles. The Morgan fingerprint density at radius 3 is 2.00 bits per heavy atom. The van der Waals surface area contributed by atoms with Gasteiger partial charge in [-0.25, -0.2) is 19.6 Å². The molecule has 2 aromatic heterocycles. The highest BCUT2D eigenvalue weighted by molar-refractivity contribution is 7.99. The van der Waals surface area contributed by atoms with Crippen LogP contribution in [-0.2, 0) is 19.1 Å². The van der Waals surface area contributed by atoms with E-state index < -0.39 is 24.3 Å². The van der Waals surface area contributed by atoms with Crippen LogP contribution in [0.2, 0.25) is 0 Å². The van der Waals surface area contributed by atoms with E-state index >= 15 is 0 Å². The van der Waals surface area contributed by atoms with E-state index in [1.165, 1.54) is 14.2 Å². The van der Waals surface area contributed by atoms with Gasteiger partial charge in [0.2, 0.25) is 5.91 Å². The van der Waals surface area contributed by atoms with Gasteiger partial charge in [0.15, 0.2) is 0 Å². The Hall–Kier alpha value is -6.39.